The SMILES string of the molecule is Cl.O=C(c1ccc2c(c1)CNC2)N1CCC2(CC1)CCN(c1ccncc1)CC2. The quantitative estimate of drug-likeness (QED) is 0.818. The van der Waals surface area contributed by atoms with E-state index in [1.807, 2.05) is 18.5 Å². The fourth-order valence-electron chi connectivity index (χ4n) is 5.09. The van der Waals surface area contributed by atoms with E-state index in [-0.39, 0.29) is 18.3 Å². The van der Waals surface area contributed by atoms with Crippen LogP contribution in [0.2, 0.25) is 0 Å². The first-order valence-corrected chi connectivity index (χ1v) is 10.5. The molecule has 6 heteroatoms. The summed E-state index contributed by atoms with van der Waals surface area (Å²) in [6.07, 6.45) is 8.46. The smallest absolute Gasteiger partial charge is 0.253 e. The summed E-state index contributed by atoms with van der Waals surface area (Å²) in [6.45, 7) is 5.80. The molecule has 1 aromatic carbocycles. The summed E-state index contributed by atoms with van der Waals surface area (Å²) in [5, 5.41) is 3.36. The number of likely N-dealkylation sites (tertiary alicyclic amines) is 1. The molecular weight excluding hydrogens is 384 g/mol. The Morgan fingerprint density at radius 2 is 1.55 bits per heavy atom. The van der Waals surface area contributed by atoms with Crippen LogP contribution in [0.4, 0.5) is 5.69 Å². The Balaban J connectivity index is 0.00000205. The summed E-state index contributed by atoms with van der Waals surface area (Å²) in [5.41, 5.74) is 5.16. The van der Waals surface area contributed by atoms with Gasteiger partial charge in [-0.3, -0.25) is 9.78 Å². The summed E-state index contributed by atoms with van der Waals surface area (Å²) in [7, 11) is 0. The maximum atomic E-state index is 13.0. The average Bonchev–Trinajstić information content (AvgIpc) is 3.23. The lowest BCUT2D eigenvalue weighted by Crippen LogP contribution is -2.48. The third kappa shape index (κ3) is 3.99. The van der Waals surface area contributed by atoms with Crippen molar-refractivity contribution < 1.29 is 4.79 Å². The molecule has 3 aliphatic rings. The Labute approximate surface area is 178 Å². The van der Waals surface area contributed by atoms with Crippen LogP contribution in [0, 0.1) is 5.41 Å². The lowest BCUT2D eigenvalue weighted by molar-refractivity contribution is 0.0515. The van der Waals surface area contributed by atoms with E-state index in [2.05, 4.69) is 44.4 Å². The van der Waals surface area contributed by atoms with Crippen LogP contribution in [0.25, 0.3) is 0 Å². The van der Waals surface area contributed by atoms with Crippen LogP contribution in [-0.4, -0.2) is 42.0 Å². The number of hydrogen-bond acceptors (Lipinski definition) is 4. The first-order chi connectivity index (χ1) is 13.7. The number of halogens is 1. The Morgan fingerprint density at radius 1 is 0.897 bits per heavy atom. The first-order valence-electron chi connectivity index (χ1n) is 10.5. The van der Waals surface area contributed by atoms with Gasteiger partial charge < -0.3 is 15.1 Å². The number of aromatic nitrogens is 1. The molecule has 0 unspecified atom stereocenters. The molecule has 0 saturated carbocycles. The minimum absolute atomic E-state index is 0. The van der Waals surface area contributed by atoms with Gasteiger partial charge in [0.1, 0.15) is 0 Å². The molecule has 5 nitrogen and oxygen atoms in total. The number of rotatable bonds is 2. The fraction of sp³-hybridized carbons (Fsp3) is 0.478. The molecule has 2 saturated heterocycles. The van der Waals surface area contributed by atoms with E-state index in [1.54, 1.807) is 0 Å². The van der Waals surface area contributed by atoms with Gasteiger partial charge in [0.15, 0.2) is 0 Å². The van der Waals surface area contributed by atoms with Gasteiger partial charge in [0.2, 0.25) is 0 Å². The number of nitrogens with zero attached hydrogens (tertiary/aromatic N) is 3. The minimum atomic E-state index is 0. The van der Waals surface area contributed by atoms with Crippen LogP contribution in [0.3, 0.4) is 0 Å². The summed E-state index contributed by atoms with van der Waals surface area (Å²) in [6, 6.07) is 10.4. The van der Waals surface area contributed by atoms with Gasteiger partial charge >= 0.3 is 0 Å². The van der Waals surface area contributed by atoms with Crippen molar-refractivity contribution >= 4 is 24.0 Å². The Bertz CT molecular complexity index is 854. The molecule has 1 spiro atoms. The zero-order chi connectivity index (χ0) is 19.0. The van der Waals surface area contributed by atoms with Gasteiger partial charge in [0.25, 0.3) is 5.91 Å². The largest absolute Gasteiger partial charge is 0.371 e. The van der Waals surface area contributed by atoms with Crippen molar-refractivity contribution in [1.82, 2.24) is 15.2 Å². The highest BCUT2D eigenvalue weighted by Gasteiger charge is 2.38. The molecule has 29 heavy (non-hydrogen) atoms. The molecule has 1 amide bonds. The van der Waals surface area contributed by atoms with Gasteiger partial charge in [-0.2, -0.15) is 0 Å². The van der Waals surface area contributed by atoms with E-state index in [0.29, 0.717) is 5.41 Å². The van der Waals surface area contributed by atoms with Crippen LogP contribution in [0.5, 0.6) is 0 Å². The molecule has 4 heterocycles. The molecule has 0 radical (unpaired) electrons. The molecule has 0 aliphatic carbocycles. The second-order valence-corrected chi connectivity index (χ2v) is 8.57. The molecule has 1 N–H and O–H groups in total. The van der Waals surface area contributed by atoms with Gasteiger partial charge in [0, 0.05) is 62.9 Å². The normalized spacial score (nSPS) is 20.3. The monoisotopic (exact) mass is 412 g/mol. The van der Waals surface area contributed by atoms with E-state index in [4.69, 9.17) is 0 Å². The Kier molecular flexibility index (Phi) is 5.79. The molecule has 2 aromatic rings. The number of hydrogen-bond donors (Lipinski definition) is 1. The maximum absolute atomic E-state index is 13.0. The molecule has 5 rings (SSSR count). The zero-order valence-corrected chi connectivity index (χ0v) is 17.6. The fourth-order valence-corrected chi connectivity index (χ4v) is 5.09. The number of carbonyl (C=O) groups excluding carboxylic acids is 1. The first kappa shape index (κ1) is 20.2. The lowest BCUT2D eigenvalue weighted by Gasteiger charge is -2.47. The number of piperidine rings is 2. The van der Waals surface area contributed by atoms with Crippen LogP contribution >= 0.6 is 12.4 Å². The van der Waals surface area contributed by atoms with E-state index in [9.17, 15) is 4.79 Å². The Morgan fingerprint density at radius 3 is 2.28 bits per heavy atom. The Hall–Kier alpha value is -2.11. The predicted molar refractivity (Wildman–Crippen MR) is 117 cm³/mol. The van der Waals surface area contributed by atoms with Gasteiger partial charge in [-0.05, 0) is 66.5 Å². The van der Waals surface area contributed by atoms with E-state index < -0.39 is 0 Å². The highest BCUT2D eigenvalue weighted by Crippen LogP contribution is 2.42. The zero-order valence-electron chi connectivity index (χ0n) is 16.8. The van der Waals surface area contributed by atoms with E-state index in [0.717, 1.165) is 57.7 Å². The highest BCUT2D eigenvalue weighted by molar-refractivity contribution is 5.94. The van der Waals surface area contributed by atoms with Crippen LogP contribution < -0.4 is 10.2 Å². The van der Waals surface area contributed by atoms with Gasteiger partial charge in [0.05, 0.1) is 0 Å². The number of anilines is 1. The van der Waals surface area contributed by atoms with Gasteiger partial charge in [-0.25, -0.2) is 0 Å². The number of nitrogens with one attached hydrogen (secondary N) is 1. The van der Waals surface area contributed by atoms with Crippen molar-refractivity contribution in [3.8, 4) is 0 Å². The number of amides is 1. The summed E-state index contributed by atoms with van der Waals surface area (Å²) in [4.78, 5) is 21.7. The number of fused-ring (bicyclic) bond motifs is 1. The molecular formula is C23H29ClN4O. The average molecular weight is 413 g/mol. The summed E-state index contributed by atoms with van der Waals surface area (Å²) < 4.78 is 0. The highest BCUT2D eigenvalue weighted by atomic mass is 35.5. The number of carbonyl (C=O) groups is 1. The minimum Gasteiger partial charge on any atom is -0.371 e. The van der Waals surface area contributed by atoms with Crippen molar-refractivity contribution in [2.45, 2.75) is 38.8 Å². The van der Waals surface area contributed by atoms with Crippen molar-refractivity contribution in [3.05, 3.63) is 59.4 Å². The van der Waals surface area contributed by atoms with Crippen molar-refractivity contribution in [1.29, 1.82) is 0 Å². The molecule has 2 fully saturated rings. The number of pyridine rings is 1. The van der Waals surface area contributed by atoms with Gasteiger partial charge in [-0.15, -0.1) is 12.4 Å². The number of benzene rings is 1. The lowest BCUT2D eigenvalue weighted by atomic mass is 9.71. The van der Waals surface area contributed by atoms with Crippen LogP contribution in [0.15, 0.2) is 42.7 Å². The topological polar surface area (TPSA) is 48.5 Å². The van der Waals surface area contributed by atoms with Crippen molar-refractivity contribution in [3.63, 3.8) is 0 Å². The third-order valence-electron chi connectivity index (χ3n) is 7.05. The molecule has 0 atom stereocenters. The molecule has 3 aliphatic heterocycles. The summed E-state index contributed by atoms with van der Waals surface area (Å²) >= 11 is 0. The predicted octanol–water partition coefficient (Wildman–Crippen LogP) is 3.63. The van der Waals surface area contributed by atoms with Crippen molar-refractivity contribution in [2.24, 2.45) is 5.41 Å². The maximum Gasteiger partial charge on any atom is 0.253 e. The van der Waals surface area contributed by atoms with Crippen LogP contribution in [0.1, 0.15) is 47.2 Å². The van der Waals surface area contributed by atoms with E-state index in [1.165, 1.54) is 29.7 Å². The van der Waals surface area contributed by atoms with Crippen molar-refractivity contribution in [2.75, 3.05) is 31.1 Å². The molecule has 1 aromatic heterocycles. The van der Waals surface area contributed by atoms with Gasteiger partial charge in [-0.1, -0.05) is 6.07 Å². The molecule has 0 bridgehead atoms. The molecule has 154 valence electrons. The second kappa shape index (κ2) is 8.33. The van der Waals surface area contributed by atoms with Crippen LogP contribution in [-0.2, 0) is 13.1 Å². The third-order valence-corrected chi connectivity index (χ3v) is 7.05. The second-order valence-electron chi connectivity index (χ2n) is 8.57. The summed E-state index contributed by atoms with van der Waals surface area (Å²) in [5.74, 6) is 0.207. The van der Waals surface area contributed by atoms with E-state index >= 15 is 0 Å². The standard InChI is InChI=1S/C23H28N4O.ClH/c28-22(18-1-2-19-16-25-17-20(19)15-18)27-13-7-23(8-14-27)5-11-26(12-6-23)21-3-9-24-10-4-21;/h1-4,9-10,15,25H,5-8,11-14,16-17H2;1H.